The lowest BCUT2D eigenvalue weighted by Crippen LogP contribution is -2.57. The van der Waals surface area contributed by atoms with E-state index in [9.17, 15) is 14.7 Å². The number of rotatable bonds is 2. The summed E-state index contributed by atoms with van der Waals surface area (Å²) in [5, 5.41) is 12.3. The summed E-state index contributed by atoms with van der Waals surface area (Å²) in [6.45, 7) is 2.76. The lowest BCUT2D eigenvalue weighted by atomic mass is 9.98. The van der Waals surface area contributed by atoms with Gasteiger partial charge in [-0.15, -0.1) is 0 Å². The van der Waals surface area contributed by atoms with Gasteiger partial charge in [-0.25, -0.2) is 9.59 Å². The van der Waals surface area contributed by atoms with Crippen LogP contribution in [0.25, 0.3) is 0 Å². The SMILES string of the molecule is O=C(O)C1CSCCN1C(=O)NC1CCN2CCCC2C1. The lowest BCUT2D eigenvalue weighted by molar-refractivity contribution is -0.141. The van der Waals surface area contributed by atoms with Gasteiger partial charge < -0.3 is 20.2 Å². The maximum atomic E-state index is 12.4. The van der Waals surface area contributed by atoms with Gasteiger partial charge in [0.2, 0.25) is 0 Å². The Labute approximate surface area is 129 Å². The van der Waals surface area contributed by atoms with Gasteiger partial charge >= 0.3 is 12.0 Å². The molecule has 3 aliphatic rings. The predicted octanol–water partition coefficient (Wildman–Crippen LogP) is 0.825. The van der Waals surface area contributed by atoms with E-state index < -0.39 is 12.0 Å². The van der Waals surface area contributed by atoms with Crippen molar-refractivity contribution in [3.63, 3.8) is 0 Å². The molecule has 3 saturated heterocycles. The van der Waals surface area contributed by atoms with Gasteiger partial charge in [0.15, 0.2) is 0 Å². The van der Waals surface area contributed by atoms with Crippen LogP contribution in [0, 0.1) is 0 Å². The van der Waals surface area contributed by atoms with Crippen molar-refractivity contribution in [2.75, 3.05) is 31.1 Å². The quantitative estimate of drug-likeness (QED) is 0.790. The number of fused-ring (bicyclic) bond motifs is 1. The van der Waals surface area contributed by atoms with Gasteiger partial charge in [-0.05, 0) is 32.2 Å². The van der Waals surface area contributed by atoms with Crippen molar-refractivity contribution in [1.82, 2.24) is 15.1 Å². The second-order valence-electron chi connectivity index (χ2n) is 6.13. The molecule has 0 spiro atoms. The number of nitrogens with zero attached hydrogens (tertiary/aromatic N) is 2. The molecule has 3 aliphatic heterocycles. The average molecular weight is 313 g/mol. The fourth-order valence-electron chi connectivity index (χ4n) is 3.66. The Morgan fingerprint density at radius 2 is 2.05 bits per heavy atom. The van der Waals surface area contributed by atoms with Crippen LogP contribution in [0.15, 0.2) is 0 Å². The van der Waals surface area contributed by atoms with Crippen molar-refractivity contribution in [3.05, 3.63) is 0 Å². The van der Waals surface area contributed by atoms with Gasteiger partial charge in [-0.2, -0.15) is 11.8 Å². The number of hydrogen-bond donors (Lipinski definition) is 2. The van der Waals surface area contributed by atoms with Crippen LogP contribution in [0.2, 0.25) is 0 Å². The minimum Gasteiger partial charge on any atom is -0.480 e. The molecule has 0 aromatic heterocycles. The molecule has 3 atom stereocenters. The van der Waals surface area contributed by atoms with E-state index in [0.29, 0.717) is 18.3 Å². The zero-order valence-electron chi connectivity index (χ0n) is 12.2. The number of nitrogens with one attached hydrogen (secondary N) is 1. The van der Waals surface area contributed by atoms with Gasteiger partial charge in [0.05, 0.1) is 0 Å². The summed E-state index contributed by atoms with van der Waals surface area (Å²) in [5.41, 5.74) is 0. The maximum absolute atomic E-state index is 12.4. The molecule has 3 fully saturated rings. The first-order valence-electron chi connectivity index (χ1n) is 7.77. The van der Waals surface area contributed by atoms with Crippen LogP contribution in [0.3, 0.4) is 0 Å². The fourth-order valence-corrected chi connectivity index (χ4v) is 4.70. The summed E-state index contributed by atoms with van der Waals surface area (Å²) >= 11 is 1.60. The van der Waals surface area contributed by atoms with E-state index in [-0.39, 0.29) is 12.1 Å². The van der Waals surface area contributed by atoms with E-state index in [1.165, 1.54) is 24.3 Å². The van der Waals surface area contributed by atoms with Crippen molar-refractivity contribution in [2.24, 2.45) is 0 Å². The van der Waals surface area contributed by atoms with Crippen LogP contribution in [0.4, 0.5) is 4.79 Å². The van der Waals surface area contributed by atoms with E-state index in [1.807, 2.05) is 0 Å². The molecule has 0 bridgehead atoms. The molecule has 21 heavy (non-hydrogen) atoms. The molecule has 2 N–H and O–H groups in total. The Hall–Kier alpha value is -0.950. The van der Waals surface area contributed by atoms with Crippen molar-refractivity contribution >= 4 is 23.8 Å². The Kier molecular flexibility index (Phi) is 4.59. The molecule has 0 radical (unpaired) electrons. The monoisotopic (exact) mass is 313 g/mol. The molecule has 7 heteroatoms. The number of thioether (sulfide) groups is 1. The van der Waals surface area contributed by atoms with Crippen LogP contribution in [0.1, 0.15) is 25.7 Å². The summed E-state index contributed by atoms with van der Waals surface area (Å²) in [4.78, 5) is 27.7. The lowest BCUT2D eigenvalue weighted by Gasteiger charge is -2.38. The molecule has 0 aromatic carbocycles. The first-order valence-corrected chi connectivity index (χ1v) is 8.92. The minimum absolute atomic E-state index is 0.195. The summed E-state index contributed by atoms with van der Waals surface area (Å²) in [5.74, 6) is 0.408. The predicted molar refractivity (Wildman–Crippen MR) is 81.6 cm³/mol. The normalized spacial score (nSPS) is 33.5. The first-order chi connectivity index (χ1) is 10.1. The number of carbonyl (C=O) groups excluding carboxylic acids is 1. The first kappa shape index (κ1) is 15.0. The zero-order valence-corrected chi connectivity index (χ0v) is 13.0. The molecule has 6 nitrogen and oxygen atoms in total. The van der Waals surface area contributed by atoms with Gasteiger partial charge in [0, 0.05) is 36.7 Å². The van der Waals surface area contributed by atoms with Gasteiger partial charge in [-0.3, -0.25) is 0 Å². The average Bonchev–Trinajstić information content (AvgIpc) is 2.94. The minimum atomic E-state index is -0.900. The Bertz CT molecular complexity index is 420. The number of aliphatic carboxylic acids is 1. The molecule has 0 aromatic rings. The van der Waals surface area contributed by atoms with E-state index >= 15 is 0 Å². The van der Waals surface area contributed by atoms with Crippen molar-refractivity contribution in [1.29, 1.82) is 0 Å². The molecule has 0 aliphatic carbocycles. The summed E-state index contributed by atoms with van der Waals surface area (Å²) < 4.78 is 0. The van der Waals surface area contributed by atoms with Gasteiger partial charge in [-0.1, -0.05) is 0 Å². The fraction of sp³-hybridized carbons (Fsp3) is 0.857. The molecule has 3 heterocycles. The highest BCUT2D eigenvalue weighted by atomic mass is 32.2. The molecule has 0 saturated carbocycles. The van der Waals surface area contributed by atoms with E-state index in [1.54, 1.807) is 11.8 Å². The topological polar surface area (TPSA) is 72.9 Å². The van der Waals surface area contributed by atoms with Crippen LogP contribution >= 0.6 is 11.8 Å². The standard InChI is InChI=1S/C14H23N3O3S/c18-13(19)12-9-21-7-6-17(12)14(20)15-10-3-5-16-4-1-2-11(16)8-10/h10-12H,1-9H2,(H,15,20)(H,18,19). The molecular formula is C14H23N3O3S. The van der Waals surface area contributed by atoms with Crippen molar-refractivity contribution < 1.29 is 14.7 Å². The summed E-state index contributed by atoms with van der Waals surface area (Å²) in [6.07, 6.45) is 4.47. The molecule has 3 rings (SSSR count). The van der Waals surface area contributed by atoms with Crippen LogP contribution in [-0.4, -0.2) is 76.2 Å². The second-order valence-corrected chi connectivity index (χ2v) is 7.27. The molecular weight excluding hydrogens is 290 g/mol. The van der Waals surface area contributed by atoms with Crippen LogP contribution in [0.5, 0.6) is 0 Å². The molecule has 3 unspecified atom stereocenters. The number of hydrogen-bond acceptors (Lipinski definition) is 4. The highest BCUT2D eigenvalue weighted by Crippen LogP contribution is 2.27. The van der Waals surface area contributed by atoms with Crippen LogP contribution < -0.4 is 5.32 Å². The smallest absolute Gasteiger partial charge is 0.327 e. The van der Waals surface area contributed by atoms with Crippen LogP contribution in [-0.2, 0) is 4.79 Å². The zero-order chi connectivity index (χ0) is 14.8. The number of carboxylic acid groups (broad SMARTS) is 1. The molecule has 2 amide bonds. The number of carboxylic acids is 1. The van der Waals surface area contributed by atoms with E-state index in [2.05, 4.69) is 10.2 Å². The van der Waals surface area contributed by atoms with E-state index in [4.69, 9.17) is 0 Å². The van der Waals surface area contributed by atoms with Crippen molar-refractivity contribution in [2.45, 2.75) is 43.8 Å². The number of piperidine rings is 1. The Morgan fingerprint density at radius 1 is 1.19 bits per heavy atom. The largest absolute Gasteiger partial charge is 0.480 e. The van der Waals surface area contributed by atoms with Gasteiger partial charge in [0.25, 0.3) is 0 Å². The second kappa shape index (κ2) is 6.44. The number of urea groups is 1. The van der Waals surface area contributed by atoms with Gasteiger partial charge in [0.1, 0.15) is 6.04 Å². The highest BCUT2D eigenvalue weighted by molar-refractivity contribution is 7.99. The maximum Gasteiger partial charge on any atom is 0.327 e. The number of carbonyl (C=O) groups is 2. The third-order valence-electron chi connectivity index (χ3n) is 4.82. The van der Waals surface area contributed by atoms with E-state index in [0.717, 1.165) is 25.1 Å². The highest BCUT2D eigenvalue weighted by Gasteiger charge is 2.36. The number of amides is 2. The summed E-state index contributed by atoms with van der Waals surface area (Å²) in [7, 11) is 0. The third-order valence-corrected chi connectivity index (χ3v) is 5.85. The summed E-state index contributed by atoms with van der Waals surface area (Å²) in [6, 6.07) is -0.0772. The third kappa shape index (κ3) is 3.29. The Balaban J connectivity index is 1.56. The molecule has 118 valence electrons. The van der Waals surface area contributed by atoms with Crippen molar-refractivity contribution in [3.8, 4) is 0 Å². The Morgan fingerprint density at radius 3 is 2.86 bits per heavy atom.